The average Bonchev–Trinajstić information content (AvgIpc) is 2.67. The number of nitrogens with one attached hydrogen (secondary N) is 1. The van der Waals surface area contributed by atoms with Crippen LogP contribution in [0.25, 0.3) is 0 Å². The molecule has 1 amide bonds. The Balaban J connectivity index is 1.65. The number of sulfonamides is 1. The molecule has 1 fully saturated rings. The van der Waals surface area contributed by atoms with E-state index in [1.54, 1.807) is 13.0 Å². The largest absolute Gasteiger partial charge is 0.323 e. The molecule has 1 aliphatic rings. The minimum absolute atomic E-state index is 0.0513. The van der Waals surface area contributed by atoms with Gasteiger partial charge >= 0.3 is 0 Å². The molecule has 0 spiro atoms. The van der Waals surface area contributed by atoms with Crippen LogP contribution in [-0.2, 0) is 14.8 Å². The number of carbonyl (C=O) groups excluding carboxylic acids is 1. The number of carbonyl (C=O) groups is 1. The predicted octanol–water partition coefficient (Wildman–Crippen LogP) is 3.45. The fraction of sp³-hybridized carbons (Fsp3) is 0.316. The minimum Gasteiger partial charge on any atom is -0.323 e. The highest BCUT2D eigenvalue weighted by Gasteiger charge is 2.32. The van der Waals surface area contributed by atoms with Crippen LogP contribution in [0.15, 0.2) is 41.3 Å². The van der Waals surface area contributed by atoms with Crippen LogP contribution in [0.4, 0.5) is 18.9 Å². The first-order valence-electron chi connectivity index (χ1n) is 8.70. The number of rotatable bonds is 4. The predicted molar refractivity (Wildman–Crippen MR) is 97.6 cm³/mol. The summed E-state index contributed by atoms with van der Waals surface area (Å²) in [4.78, 5) is 12.1. The molecular formula is C19H19F3N2O3S. The molecule has 0 radical (unpaired) electrons. The van der Waals surface area contributed by atoms with Gasteiger partial charge in [0.25, 0.3) is 0 Å². The van der Waals surface area contributed by atoms with Crippen molar-refractivity contribution in [2.45, 2.75) is 24.7 Å². The maximum atomic E-state index is 13.8. The van der Waals surface area contributed by atoms with Crippen LogP contribution in [0.5, 0.6) is 0 Å². The van der Waals surface area contributed by atoms with Crippen LogP contribution in [-0.4, -0.2) is 31.7 Å². The SMILES string of the molecule is Cc1ccc(F)c(NC(=O)C2CCN(S(=O)(=O)c3ccc(F)c(F)c3)CC2)c1. The molecule has 0 aliphatic carbocycles. The lowest BCUT2D eigenvalue weighted by Crippen LogP contribution is -2.41. The third-order valence-corrected chi connectivity index (χ3v) is 6.63. The van der Waals surface area contributed by atoms with Gasteiger partial charge < -0.3 is 5.32 Å². The van der Waals surface area contributed by atoms with Crippen LogP contribution < -0.4 is 5.32 Å². The summed E-state index contributed by atoms with van der Waals surface area (Å²) >= 11 is 0. The van der Waals surface area contributed by atoms with Crippen molar-refractivity contribution in [1.29, 1.82) is 0 Å². The molecule has 2 aromatic carbocycles. The molecule has 0 aromatic heterocycles. The van der Waals surface area contributed by atoms with E-state index >= 15 is 0 Å². The fourth-order valence-corrected chi connectivity index (χ4v) is 4.60. The van der Waals surface area contributed by atoms with Gasteiger partial charge in [0.1, 0.15) is 5.82 Å². The number of nitrogens with zero attached hydrogens (tertiary/aromatic N) is 1. The first-order valence-corrected chi connectivity index (χ1v) is 10.1. The van der Waals surface area contributed by atoms with Crippen molar-refractivity contribution in [3.05, 3.63) is 59.4 Å². The standard InChI is InChI=1S/C19H19F3N2O3S/c1-12-2-4-16(21)18(10-12)23-19(25)13-6-8-24(9-7-13)28(26,27)14-3-5-15(20)17(22)11-14/h2-5,10-11,13H,6-9H2,1H3,(H,23,25). The van der Waals surface area contributed by atoms with E-state index in [1.807, 2.05) is 0 Å². The maximum absolute atomic E-state index is 13.8. The number of hydrogen-bond acceptors (Lipinski definition) is 3. The summed E-state index contributed by atoms with van der Waals surface area (Å²) in [6, 6.07) is 6.79. The lowest BCUT2D eigenvalue weighted by molar-refractivity contribution is -0.120. The van der Waals surface area contributed by atoms with Crippen molar-refractivity contribution in [2.75, 3.05) is 18.4 Å². The quantitative estimate of drug-likeness (QED) is 0.837. The normalized spacial score (nSPS) is 16.1. The Hall–Kier alpha value is -2.39. The molecule has 0 saturated carbocycles. The molecule has 9 heteroatoms. The van der Waals surface area contributed by atoms with Crippen LogP contribution in [0, 0.1) is 30.3 Å². The number of anilines is 1. The van der Waals surface area contributed by atoms with Gasteiger partial charge in [-0.25, -0.2) is 21.6 Å². The third-order valence-electron chi connectivity index (χ3n) is 4.73. The fourth-order valence-electron chi connectivity index (χ4n) is 3.11. The molecule has 1 N–H and O–H groups in total. The number of halogens is 3. The van der Waals surface area contributed by atoms with Gasteiger partial charge in [0.15, 0.2) is 11.6 Å². The van der Waals surface area contributed by atoms with E-state index in [-0.39, 0.29) is 42.4 Å². The number of benzene rings is 2. The highest BCUT2D eigenvalue weighted by atomic mass is 32.2. The van der Waals surface area contributed by atoms with E-state index in [9.17, 15) is 26.4 Å². The van der Waals surface area contributed by atoms with Gasteiger partial charge in [0.05, 0.1) is 10.6 Å². The number of aryl methyl sites for hydroxylation is 1. The van der Waals surface area contributed by atoms with Crippen LogP contribution in [0.3, 0.4) is 0 Å². The van der Waals surface area contributed by atoms with Crippen molar-refractivity contribution in [3.8, 4) is 0 Å². The third kappa shape index (κ3) is 4.20. The molecule has 2 aromatic rings. The van der Waals surface area contributed by atoms with Crippen molar-refractivity contribution in [3.63, 3.8) is 0 Å². The molecule has 28 heavy (non-hydrogen) atoms. The van der Waals surface area contributed by atoms with Gasteiger partial charge in [-0.2, -0.15) is 4.31 Å². The van der Waals surface area contributed by atoms with Crippen molar-refractivity contribution < 1.29 is 26.4 Å². The zero-order chi connectivity index (χ0) is 20.5. The van der Waals surface area contributed by atoms with Crippen LogP contribution in [0.2, 0.25) is 0 Å². The summed E-state index contributed by atoms with van der Waals surface area (Å²) < 4.78 is 66.5. The summed E-state index contributed by atoms with van der Waals surface area (Å²) in [5.41, 5.74) is 0.881. The number of hydrogen-bond donors (Lipinski definition) is 1. The van der Waals surface area contributed by atoms with Gasteiger partial charge in [0, 0.05) is 19.0 Å². The maximum Gasteiger partial charge on any atom is 0.243 e. The molecule has 150 valence electrons. The van der Waals surface area contributed by atoms with E-state index in [2.05, 4.69) is 5.32 Å². The minimum atomic E-state index is -3.99. The van der Waals surface area contributed by atoms with Gasteiger partial charge in [-0.05, 0) is 55.7 Å². The molecule has 3 rings (SSSR count). The van der Waals surface area contributed by atoms with E-state index in [1.165, 1.54) is 12.1 Å². The van der Waals surface area contributed by atoms with Crippen molar-refractivity contribution in [2.24, 2.45) is 5.92 Å². The first-order chi connectivity index (χ1) is 13.2. The topological polar surface area (TPSA) is 66.5 Å². The molecular weight excluding hydrogens is 393 g/mol. The van der Waals surface area contributed by atoms with E-state index < -0.39 is 33.4 Å². The van der Waals surface area contributed by atoms with Crippen molar-refractivity contribution in [1.82, 2.24) is 4.31 Å². The van der Waals surface area contributed by atoms with Gasteiger partial charge in [-0.1, -0.05) is 6.07 Å². The molecule has 0 unspecified atom stereocenters. The second-order valence-electron chi connectivity index (χ2n) is 6.73. The molecule has 0 bridgehead atoms. The first kappa shape index (κ1) is 20.3. The Bertz CT molecular complexity index is 1000. The molecule has 1 saturated heterocycles. The van der Waals surface area contributed by atoms with Crippen LogP contribution >= 0.6 is 0 Å². The smallest absolute Gasteiger partial charge is 0.243 e. The zero-order valence-electron chi connectivity index (χ0n) is 15.1. The Labute approximate surface area is 161 Å². The van der Waals surface area contributed by atoms with E-state index in [4.69, 9.17) is 0 Å². The van der Waals surface area contributed by atoms with Crippen LogP contribution in [0.1, 0.15) is 18.4 Å². The monoisotopic (exact) mass is 412 g/mol. The second kappa shape index (κ2) is 7.92. The second-order valence-corrected chi connectivity index (χ2v) is 8.66. The Morgan fingerprint density at radius 3 is 2.29 bits per heavy atom. The zero-order valence-corrected chi connectivity index (χ0v) is 15.9. The van der Waals surface area contributed by atoms with E-state index in [0.29, 0.717) is 6.07 Å². The molecule has 5 nitrogen and oxygen atoms in total. The molecule has 1 heterocycles. The van der Waals surface area contributed by atoms with Gasteiger partial charge in [0.2, 0.25) is 15.9 Å². The summed E-state index contributed by atoms with van der Waals surface area (Å²) in [5, 5.41) is 2.55. The highest BCUT2D eigenvalue weighted by Crippen LogP contribution is 2.26. The number of piperidine rings is 1. The summed E-state index contributed by atoms with van der Waals surface area (Å²) in [6.07, 6.45) is 0.477. The highest BCUT2D eigenvalue weighted by molar-refractivity contribution is 7.89. The summed E-state index contributed by atoms with van der Waals surface area (Å²) in [7, 11) is -3.99. The Morgan fingerprint density at radius 2 is 1.64 bits per heavy atom. The Kier molecular flexibility index (Phi) is 5.76. The van der Waals surface area contributed by atoms with Crippen molar-refractivity contribution >= 4 is 21.6 Å². The molecule has 1 aliphatic heterocycles. The van der Waals surface area contributed by atoms with Gasteiger partial charge in [-0.15, -0.1) is 0 Å². The lowest BCUT2D eigenvalue weighted by Gasteiger charge is -2.30. The molecule has 0 atom stereocenters. The average molecular weight is 412 g/mol. The summed E-state index contributed by atoms with van der Waals surface area (Å²) in [5.74, 6) is -3.77. The Morgan fingerprint density at radius 1 is 1.00 bits per heavy atom. The summed E-state index contributed by atoms with van der Waals surface area (Å²) in [6.45, 7) is 1.88. The number of amides is 1. The lowest BCUT2D eigenvalue weighted by atomic mass is 9.97. The van der Waals surface area contributed by atoms with E-state index in [0.717, 1.165) is 22.0 Å². The van der Waals surface area contributed by atoms with Gasteiger partial charge in [-0.3, -0.25) is 4.79 Å².